The number of likely N-dealkylation sites (tertiary alicyclic amines) is 1. The number of urea groups is 1. The molecule has 1 unspecified atom stereocenters. The van der Waals surface area contributed by atoms with Crippen molar-refractivity contribution in [2.75, 3.05) is 13.1 Å². The van der Waals surface area contributed by atoms with Crippen molar-refractivity contribution in [1.29, 1.82) is 0 Å². The third-order valence-electron chi connectivity index (χ3n) is 3.36. The van der Waals surface area contributed by atoms with Crippen molar-refractivity contribution in [1.82, 2.24) is 10.2 Å². The Morgan fingerprint density at radius 3 is 2.61 bits per heavy atom. The molecule has 1 atom stereocenters. The lowest BCUT2D eigenvalue weighted by Crippen LogP contribution is -2.55. The van der Waals surface area contributed by atoms with E-state index in [-0.39, 0.29) is 13.0 Å². The van der Waals surface area contributed by atoms with Crippen LogP contribution < -0.4 is 11.1 Å². The lowest BCUT2D eigenvalue weighted by molar-refractivity contribution is -0.148. The molecule has 1 fully saturated rings. The van der Waals surface area contributed by atoms with E-state index in [1.807, 2.05) is 0 Å². The van der Waals surface area contributed by atoms with Crippen LogP contribution in [0.1, 0.15) is 32.6 Å². The van der Waals surface area contributed by atoms with Gasteiger partial charge in [0.2, 0.25) is 5.91 Å². The molecular formula is C11H19N3O4. The number of primary amides is 1. The molecule has 1 rings (SSSR count). The van der Waals surface area contributed by atoms with Crippen molar-refractivity contribution in [2.45, 2.75) is 38.1 Å². The van der Waals surface area contributed by atoms with Gasteiger partial charge in [-0.2, -0.15) is 0 Å². The first-order chi connectivity index (χ1) is 8.44. The van der Waals surface area contributed by atoms with Crippen LogP contribution in [0.5, 0.6) is 0 Å². The number of rotatable bonds is 5. The first-order valence-corrected chi connectivity index (χ1v) is 6.01. The van der Waals surface area contributed by atoms with Gasteiger partial charge in [-0.3, -0.25) is 4.79 Å². The van der Waals surface area contributed by atoms with Crippen molar-refractivity contribution >= 4 is 17.9 Å². The van der Waals surface area contributed by atoms with E-state index < -0.39 is 23.4 Å². The predicted octanol–water partition coefficient (Wildman–Crippen LogP) is -0.0994. The number of hydrogen-bond donors (Lipinski definition) is 3. The summed E-state index contributed by atoms with van der Waals surface area (Å²) in [6.07, 6.45) is 1.54. The molecule has 4 N–H and O–H groups in total. The molecule has 0 aromatic carbocycles. The highest BCUT2D eigenvalue weighted by atomic mass is 16.4. The highest BCUT2D eigenvalue weighted by molar-refractivity contribution is 5.87. The molecule has 1 aliphatic heterocycles. The molecule has 18 heavy (non-hydrogen) atoms. The van der Waals surface area contributed by atoms with Gasteiger partial charge in [0.05, 0.1) is 0 Å². The zero-order valence-electron chi connectivity index (χ0n) is 10.4. The van der Waals surface area contributed by atoms with Crippen molar-refractivity contribution in [3.63, 3.8) is 0 Å². The maximum Gasteiger partial charge on any atom is 0.329 e. The first-order valence-electron chi connectivity index (χ1n) is 6.01. The van der Waals surface area contributed by atoms with E-state index in [2.05, 4.69) is 5.32 Å². The second kappa shape index (κ2) is 5.70. The molecule has 1 saturated heterocycles. The van der Waals surface area contributed by atoms with E-state index in [9.17, 15) is 19.5 Å². The van der Waals surface area contributed by atoms with Crippen molar-refractivity contribution in [2.24, 2.45) is 5.73 Å². The number of nitrogens with two attached hydrogens (primary N) is 1. The molecular weight excluding hydrogens is 238 g/mol. The molecule has 7 heteroatoms. The summed E-state index contributed by atoms with van der Waals surface area (Å²) < 4.78 is 0. The first kappa shape index (κ1) is 14.3. The lowest BCUT2D eigenvalue weighted by atomic mass is 9.93. The van der Waals surface area contributed by atoms with E-state index in [1.54, 1.807) is 6.92 Å². The fourth-order valence-corrected chi connectivity index (χ4v) is 2.30. The number of hydrogen-bond acceptors (Lipinski definition) is 3. The molecule has 0 aliphatic carbocycles. The van der Waals surface area contributed by atoms with Crippen LogP contribution in [-0.2, 0) is 9.59 Å². The molecule has 102 valence electrons. The van der Waals surface area contributed by atoms with Crippen molar-refractivity contribution < 1.29 is 19.5 Å². The summed E-state index contributed by atoms with van der Waals surface area (Å²) in [6, 6.07) is -0.446. The molecule has 0 bridgehead atoms. The SMILES string of the molecule is CCC1(C(=O)O)CCCN1C(=O)NCCC(N)=O. The van der Waals surface area contributed by atoms with Crippen LogP contribution in [-0.4, -0.2) is 46.5 Å². The van der Waals surface area contributed by atoms with Gasteiger partial charge in [-0.15, -0.1) is 0 Å². The van der Waals surface area contributed by atoms with E-state index in [0.717, 1.165) is 0 Å². The predicted molar refractivity (Wildman–Crippen MR) is 63.8 cm³/mol. The third-order valence-corrected chi connectivity index (χ3v) is 3.36. The van der Waals surface area contributed by atoms with Crippen LogP contribution in [0.2, 0.25) is 0 Å². The Kier molecular flexibility index (Phi) is 4.52. The summed E-state index contributed by atoms with van der Waals surface area (Å²) in [4.78, 5) is 35.2. The number of carbonyl (C=O) groups is 3. The van der Waals surface area contributed by atoms with Gasteiger partial charge in [0, 0.05) is 19.5 Å². The molecule has 3 amide bonds. The van der Waals surface area contributed by atoms with Gasteiger partial charge in [-0.1, -0.05) is 6.92 Å². The summed E-state index contributed by atoms with van der Waals surface area (Å²) in [5.74, 6) is -1.48. The fraction of sp³-hybridized carbons (Fsp3) is 0.727. The Balaban J connectivity index is 2.66. The number of carbonyl (C=O) groups excluding carboxylic acids is 2. The average molecular weight is 257 g/mol. The monoisotopic (exact) mass is 257 g/mol. The van der Waals surface area contributed by atoms with E-state index >= 15 is 0 Å². The Morgan fingerprint density at radius 2 is 2.11 bits per heavy atom. The quantitative estimate of drug-likeness (QED) is 0.638. The van der Waals surface area contributed by atoms with Gasteiger partial charge < -0.3 is 21.1 Å². The average Bonchev–Trinajstić information content (AvgIpc) is 2.73. The highest BCUT2D eigenvalue weighted by Gasteiger charge is 2.48. The summed E-state index contributed by atoms with van der Waals surface area (Å²) in [5.41, 5.74) is 3.85. The maximum atomic E-state index is 11.9. The van der Waals surface area contributed by atoms with Crippen LogP contribution >= 0.6 is 0 Å². The van der Waals surface area contributed by atoms with E-state index in [4.69, 9.17) is 5.73 Å². The number of nitrogens with zero attached hydrogens (tertiary/aromatic N) is 1. The van der Waals surface area contributed by atoms with Crippen LogP contribution in [0.4, 0.5) is 4.79 Å². The second-order valence-electron chi connectivity index (χ2n) is 4.39. The van der Waals surface area contributed by atoms with Gasteiger partial charge in [0.25, 0.3) is 0 Å². The zero-order valence-corrected chi connectivity index (χ0v) is 10.4. The molecule has 0 spiro atoms. The largest absolute Gasteiger partial charge is 0.479 e. The normalized spacial score (nSPS) is 22.8. The maximum absolute atomic E-state index is 11.9. The van der Waals surface area contributed by atoms with Crippen LogP contribution in [0.3, 0.4) is 0 Å². The Hall–Kier alpha value is -1.79. The van der Waals surface area contributed by atoms with Gasteiger partial charge in [-0.05, 0) is 19.3 Å². The van der Waals surface area contributed by atoms with E-state index in [1.165, 1.54) is 4.90 Å². The Morgan fingerprint density at radius 1 is 1.44 bits per heavy atom. The number of nitrogens with one attached hydrogen (secondary N) is 1. The minimum absolute atomic E-state index is 0.0474. The van der Waals surface area contributed by atoms with Gasteiger partial charge in [0.15, 0.2) is 0 Å². The molecule has 0 radical (unpaired) electrons. The molecule has 0 aromatic rings. The summed E-state index contributed by atoms with van der Waals surface area (Å²) in [7, 11) is 0. The highest BCUT2D eigenvalue weighted by Crippen LogP contribution is 2.32. The number of amides is 3. The summed E-state index contributed by atoms with van der Waals surface area (Å²) in [6.45, 7) is 2.30. The lowest BCUT2D eigenvalue weighted by Gasteiger charge is -2.33. The topological polar surface area (TPSA) is 113 Å². The Bertz CT molecular complexity index is 358. The number of carboxylic acids is 1. The molecule has 0 aromatic heterocycles. The standard InChI is InChI=1S/C11H19N3O4/c1-2-11(9(16)17)5-3-7-14(11)10(18)13-6-4-8(12)15/h2-7H2,1H3,(H2,12,15)(H,13,18)(H,16,17). The van der Waals surface area contributed by atoms with Gasteiger partial charge in [-0.25, -0.2) is 9.59 Å². The van der Waals surface area contributed by atoms with Crippen LogP contribution in [0.25, 0.3) is 0 Å². The van der Waals surface area contributed by atoms with Gasteiger partial charge in [0.1, 0.15) is 5.54 Å². The van der Waals surface area contributed by atoms with Crippen molar-refractivity contribution in [3.05, 3.63) is 0 Å². The summed E-state index contributed by atoms with van der Waals surface area (Å²) >= 11 is 0. The molecule has 1 aliphatic rings. The van der Waals surface area contributed by atoms with Crippen molar-refractivity contribution in [3.8, 4) is 0 Å². The minimum atomic E-state index is -1.11. The van der Waals surface area contributed by atoms with Gasteiger partial charge >= 0.3 is 12.0 Å². The van der Waals surface area contributed by atoms with E-state index in [0.29, 0.717) is 25.8 Å². The minimum Gasteiger partial charge on any atom is -0.479 e. The fourth-order valence-electron chi connectivity index (χ4n) is 2.30. The Labute approximate surface area is 105 Å². The van der Waals surface area contributed by atoms with Crippen LogP contribution in [0, 0.1) is 0 Å². The molecule has 0 saturated carbocycles. The number of aliphatic carboxylic acids is 1. The summed E-state index contributed by atoms with van der Waals surface area (Å²) in [5, 5.41) is 11.8. The molecule has 7 nitrogen and oxygen atoms in total. The zero-order chi connectivity index (χ0) is 13.8. The smallest absolute Gasteiger partial charge is 0.329 e. The number of carboxylic acid groups (broad SMARTS) is 1. The van der Waals surface area contributed by atoms with Crippen LogP contribution in [0.15, 0.2) is 0 Å². The molecule has 1 heterocycles. The third kappa shape index (κ3) is 2.72. The second-order valence-corrected chi connectivity index (χ2v) is 4.39.